The SMILES string of the molecule is Nc1cc2cnnn2n1O. The average Bonchev–Trinajstić information content (AvgIpc) is 2.41. The number of nitrogens with zero attached hydrogens (tertiary/aromatic N) is 4. The fourth-order valence-corrected chi connectivity index (χ4v) is 0.798. The highest BCUT2D eigenvalue weighted by atomic mass is 16.5. The number of nitrogen functional groups attached to an aromatic ring is 1. The fourth-order valence-electron chi connectivity index (χ4n) is 0.798. The van der Waals surface area contributed by atoms with E-state index in [2.05, 4.69) is 10.3 Å². The van der Waals surface area contributed by atoms with Crippen molar-refractivity contribution < 1.29 is 5.21 Å². The first-order chi connectivity index (χ1) is 4.79. The van der Waals surface area contributed by atoms with E-state index in [4.69, 9.17) is 10.9 Å². The molecule has 0 radical (unpaired) electrons. The molecule has 6 heteroatoms. The van der Waals surface area contributed by atoms with Crippen molar-refractivity contribution in [1.82, 2.24) is 19.8 Å². The summed E-state index contributed by atoms with van der Waals surface area (Å²) in [5, 5.41) is 16.1. The summed E-state index contributed by atoms with van der Waals surface area (Å²) in [6.07, 6.45) is 1.50. The van der Waals surface area contributed by atoms with E-state index in [0.717, 1.165) is 4.85 Å². The Morgan fingerprint density at radius 3 is 3.10 bits per heavy atom. The molecule has 0 fully saturated rings. The molecule has 0 aliphatic carbocycles. The van der Waals surface area contributed by atoms with Gasteiger partial charge in [0.2, 0.25) is 0 Å². The van der Waals surface area contributed by atoms with Gasteiger partial charge in [0, 0.05) is 6.07 Å². The summed E-state index contributed by atoms with van der Waals surface area (Å²) >= 11 is 0. The summed E-state index contributed by atoms with van der Waals surface area (Å²) in [4.78, 5) is 0.725. The van der Waals surface area contributed by atoms with Crippen LogP contribution in [0.2, 0.25) is 0 Å². The van der Waals surface area contributed by atoms with Gasteiger partial charge in [0.25, 0.3) is 0 Å². The molecular formula is C4H5N5O. The lowest BCUT2D eigenvalue weighted by atomic mass is 10.5. The van der Waals surface area contributed by atoms with Crippen molar-refractivity contribution in [1.29, 1.82) is 0 Å². The smallest absolute Gasteiger partial charge is 0.163 e. The largest absolute Gasteiger partial charge is 0.410 e. The minimum Gasteiger partial charge on any atom is -0.410 e. The van der Waals surface area contributed by atoms with Crippen molar-refractivity contribution in [2.24, 2.45) is 0 Å². The topological polar surface area (TPSA) is 81.4 Å². The summed E-state index contributed by atoms with van der Waals surface area (Å²) in [5.41, 5.74) is 5.99. The summed E-state index contributed by atoms with van der Waals surface area (Å²) in [7, 11) is 0. The molecule has 0 saturated carbocycles. The van der Waals surface area contributed by atoms with E-state index in [1.807, 2.05) is 0 Å². The summed E-state index contributed by atoms with van der Waals surface area (Å²) in [6.45, 7) is 0. The number of fused-ring (bicyclic) bond motifs is 1. The molecule has 2 aromatic rings. The zero-order valence-electron chi connectivity index (χ0n) is 4.97. The predicted octanol–water partition coefficient (Wildman–Crippen LogP) is -0.650. The molecule has 2 aromatic heterocycles. The van der Waals surface area contributed by atoms with Crippen LogP contribution in [-0.2, 0) is 0 Å². The first kappa shape index (κ1) is 5.10. The van der Waals surface area contributed by atoms with Gasteiger partial charge in [-0.1, -0.05) is 4.85 Å². The second-order valence-electron chi connectivity index (χ2n) is 1.91. The van der Waals surface area contributed by atoms with Crippen molar-refractivity contribution in [3.63, 3.8) is 0 Å². The van der Waals surface area contributed by atoms with Crippen molar-refractivity contribution in [2.45, 2.75) is 0 Å². The average molecular weight is 139 g/mol. The molecular weight excluding hydrogens is 134 g/mol. The third-order valence-corrected chi connectivity index (χ3v) is 1.26. The molecule has 0 saturated heterocycles. The van der Waals surface area contributed by atoms with Gasteiger partial charge in [0.15, 0.2) is 5.82 Å². The monoisotopic (exact) mass is 139 g/mol. The highest BCUT2D eigenvalue weighted by Crippen LogP contribution is 2.06. The molecule has 0 amide bonds. The highest BCUT2D eigenvalue weighted by molar-refractivity contribution is 5.51. The van der Waals surface area contributed by atoms with Crippen LogP contribution in [0.25, 0.3) is 5.52 Å². The van der Waals surface area contributed by atoms with E-state index in [0.29, 0.717) is 5.52 Å². The lowest BCUT2D eigenvalue weighted by molar-refractivity contribution is 0.132. The van der Waals surface area contributed by atoms with E-state index in [1.165, 1.54) is 10.8 Å². The second kappa shape index (κ2) is 1.41. The normalized spacial score (nSPS) is 10.8. The van der Waals surface area contributed by atoms with Gasteiger partial charge in [-0.05, 0) is 5.21 Å². The summed E-state index contributed by atoms with van der Waals surface area (Å²) in [5.74, 6) is 0.241. The molecule has 0 bridgehead atoms. The van der Waals surface area contributed by atoms with Crippen LogP contribution in [0.4, 0.5) is 5.82 Å². The standard InChI is InChI=1S/C4H5N5O/c5-4-1-3-2-6-7-8(3)9(4)10/h1-2,10H,5H2. The molecule has 0 unspecified atom stereocenters. The Labute approximate surface area is 55.4 Å². The van der Waals surface area contributed by atoms with Crippen LogP contribution < -0.4 is 5.73 Å². The molecule has 10 heavy (non-hydrogen) atoms. The maximum atomic E-state index is 9.04. The van der Waals surface area contributed by atoms with Crippen molar-refractivity contribution in [3.05, 3.63) is 12.3 Å². The number of anilines is 1. The molecule has 52 valence electrons. The van der Waals surface area contributed by atoms with Gasteiger partial charge in [-0.2, -0.15) is 0 Å². The molecule has 0 atom stereocenters. The van der Waals surface area contributed by atoms with Crippen LogP contribution in [-0.4, -0.2) is 25.0 Å². The third-order valence-electron chi connectivity index (χ3n) is 1.26. The maximum Gasteiger partial charge on any atom is 0.163 e. The second-order valence-corrected chi connectivity index (χ2v) is 1.91. The Morgan fingerprint density at radius 2 is 2.40 bits per heavy atom. The number of rotatable bonds is 0. The molecule has 2 heterocycles. The Bertz CT molecular complexity index is 360. The number of aromatic nitrogens is 4. The van der Waals surface area contributed by atoms with Crippen LogP contribution in [0, 0.1) is 0 Å². The summed E-state index contributed by atoms with van der Waals surface area (Å²) < 4.78 is 1.19. The van der Waals surface area contributed by atoms with Crippen molar-refractivity contribution in [2.75, 3.05) is 5.73 Å². The zero-order chi connectivity index (χ0) is 7.14. The lowest BCUT2D eigenvalue weighted by Gasteiger charge is -1.91. The number of hydrogen-bond donors (Lipinski definition) is 2. The van der Waals surface area contributed by atoms with E-state index in [-0.39, 0.29) is 5.82 Å². The van der Waals surface area contributed by atoms with Gasteiger partial charge >= 0.3 is 0 Å². The molecule has 2 rings (SSSR count). The minimum absolute atomic E-state index is 0.241. The highest BCUT2D eigenvalue weighted by Gasteiger charge is 2.03. The minimum atomic E-state index is 0.241. The maximum absolute atomic E-state index is 9.04. The Morgan fingerprint density at radius 1 is 1.60 bits per heavy atom. The quantitative estimate of drug-likeness (QED) is 0.475. The Hall–Kier alpha value is -1.72. The number of nitrogens with two attached hydrogens (primary N) is 1. The van der Waals surface area contributed by atoms with Gasteiger partial charge in [-0.25, -0.2) is 0 Å². The number of hydrogen-bond acceptors (Lipinski definition) is 4. The molecule has 0 aliphatic rings. The molecule has 3 N–H and O–H groups in total. The van der Waals surface area contributed by atoms with Crippen LogP contribution in [0.15, 0.2) is 12.3 Å². The van der Waals surface area contributed by atoms with E-state index in [1.54, 1.807) is 6.07 Å². The predicted molar refractivity (Wildman–Crippen MR) is 32.6 cm³/mol. The van der Waals surface area contributed by atoms with Crippen LogP contribution in [0.1, 0.15) is 0 Å². The molecule has 0 aliphatic heterocycles. The third kappa shape index (κ3) is 0.426. The molecule has 0 spiro atoms. The van der Waals surface area contributed by atoms with Gasteiger partial charge in [-0.3, -0.25) is 0 Å². The first-order valence-electron chi connectivity index (χ1n) is 2.66. The van der Waals surface area contributed by atoms with Crippen LogP contribution >= 0.6 is 0 Å². The van der Waals surface area contributed by atoms with E-state index < -0.39 is 0 Å². The van der Waals surface area contributed by atoms with Gasteiger partial charge in [-0.15, -0.1) is 9.73 Å². The molecule has 6 nitrogen and oxygen atoms in total. The van der Waals surface area contributed by atoms with Crippen molar-refractivity contribution in [3.8, 4) is 0 Å². The van der Waals surface area contributed by atoms with Crippen LogP contribution in [0.5, 0.6) is 0 Å². The van der Waals surface area contributed by atoms with Crippen LogP contribution in [0.3, 0.4) is 0 Å². The van der Waals surface area contributed by atoms with Gasteiger partial charge in [0.05, 0.1) is 6.20 Å². The first-order valence-corrected chi connectivity index (χ1v) is 2.66. The van der Waals surface area contributed by atoms with E-state index >= 15 is 0 Å². The van der Waals surface area contributed by atoms with Gasteiger partial charge < -0.3 is 10.9 Å². The lowest BCUT2D eigenvalue weighted by Crippen LogP contribution is -2.05. The zero-order valence-corrected chi connectivity index (χ0v) is 4.97. The molecule has 0 aromatic carbocycles. The Kier molecular flexibility index (Phi) is 0.717. The van der Waals surface area contributed by atoms with Gasteiger partial charge in [0.1, 0.15) is 5.52 Å². The fraction of sp³-hybridized carbons (Fsp3) is 0. The van der Waals surface area contributed by atoms with Crippen molar-refractivity contribution >= 4 is 11.3 Å². The Balaban J connectivity index is 2.95. The van der Waals surface area contributed by atoms with E-state index in [9.17, 15) is 0 Å². The summed E-state index contributed by atoms with van der Waals surface area (Å²) in [6, 6.07) is 1.57.